The highest BCUT2D eigenvalue weighted by Gasteiger charge is 2.71. The van der Waals surface area contributed by atoms with E-state index < -0.39 is 34.9 Å². The summed E-state index contributed by atoms with van der Waals surface area (Å²) >= 11 is 0. The molecule has 1 aromatic heterocycles. The lowest BCUT2D eigenvalue weighted by Crippen LogP contribution is -2.54. The zero-order valence-electron chi connectivity index (χ0n) is 16.9. The molecule has 1 atom stereocenters. The largest absolute Gasteiger partial charge is 0.430 e. The van der Waals surface area contributed by atoms with Gasteiger partial charge in [-0.25, -0.2) is 0 Å². The smallest absolute Gasteiger partial charge is 0.384 e. The summed E-state index contributed by atoms with van der Waals surface area (Å²) in [6.07, 6.45) is -10.9. The lowest BCUT2D eigenvalue weighted by atomic mass is 9.87. The molecule has 0 fully saturated rings. The Labute approximate surface area is 174 Å². The van der Waals surface area contributed by atoms with E-state index in [0.29, 0.717) is 17.7 Å². The molecule has 2 rings (SSSR count). The van der Waals surface area contributed by atoms with Crippen molar-refractivity contribution in [2.45, 2.75) is 38.2 Å². The van der Waals surface area contributed by atoms with Gasteiger partial charge in [-0.3, -0.25) is 9.78 Å². The molecule has 1 unspecified atom stereocenters. The van der Waals surface area contributed by atoms with Gasteiger partial charge in [-0.05, 0) is 42.7 Å². The normalized spacial score (nSPS) is 13.9. The molecule has 10 heteroatoms. The average molecular weight is 449 g/mol. The van der Waals surface area contributed by atoms with Crippen molar-refractivity contribution in [3.05, 3.63) is 53.2 Å². The summed E-state index contributed by atoms with van der Waals surface area (Å²) in [7, 11) is 1.40. The van der Waals surface area contributed by atoms with Crippen molar-refractivity contribution in [3.8, 4) is 11.3 Å². The van der Waals surface area contributed by atoms with Crippen molar-refractivity contribution in [3.63, 3.8) is 0 Å². The standard InChI is InChI=1S/C21H21F6NO3/c1-12-4-5-17(28-10-12)14-7-15(18(29)6-13(2)11-31-3)9-16(8-14)19(30,20(22,23)24)21(25,26)27/h4-5,7-10,13,30H,6,11H2,1-3H3. The minimum atomic E-state index is -6.08. The number of aliphatic hydroxyl groups is 1. The Balaban J connectivity index is 2.71. The summed E-state index contributed by atoms with van der Waals surface area (Å²) in [6.45, 7) is 3.52. The van der Waals surface area contributed by atoms with E-state index in [1.165, 1.54) is 19.4 Å². The van der Waals surface area contributed by atoms with Crippen molar-refractivity contribution in [2.75, 3.05) is 13.7 Å². The minimum Gasteiger partial charge on any atom is -0.384 e. The number of carbonyl (C=O) groups is 1. The molecule has 0 saturated heterocycles. The molecule has 31 heavy (non-hydrogen) atoms. The zero-order chi connectivity index (χ0) is 23.6. The number of aromatic nitrogens is 1. The number of benzene rings is 1. The van der Waals surface area contributed by atoms with Crippen LogP contribution in [0, 0.1) is 12.8 Å². The SMILES string of the molecule is COCC(C)CC(=O)c1cc(-c2ccc(C)cn2)cc(C(O)(C(F)(F)F)C(F)(F)F)c1. The van der Waals surface area contributed by atoms with Crippen LogP contribution < -0.4 is 0 Å². The van der Waals surface area contributed by atoms with Crippen molar-refractivity contribution in [1.29, 1.82) is 0 Å². The van der Waals surface area contributed by atoms with E-state index in [4.69, 9.17) is 4.74 Å². The number of hydrogen-bond donors (Lipinski definition) is 1. The van der Waals surface area contributed by atoms with Crippen molar-refractivity contribution in [1.82, 2.24) is 4.98 Å². The fraction of sp³-hybridized carbons (Fsp3) is 0.429. The van der Waals surface area contributed by atoms with Gasteiger partial charge in [-0.2, -0.15) is 26.3 Å². The first kappa shape index (κ1) is 24.8. The van der Waals surface area contributed by atoms with E-state index in [0.717, 1.165) is 6.07 Å². The molecule has 2 aromatic rings. The van der Waals surface area contributed by atoms with Crippen LogP contribution in [0.15, 0.2) is 36.5 Å². The molecule has 0 amide bonds. The summed E-state index contributed by atoms with van der Waals surface area (Å²) in [5, 5.41) is 9.84. The Kier molecular flexibility index (Phi) is 7.17. The highest BCUT2D eigenvalue weighted by molar-refractivity contribution is 5.97. The molecule has 0 aliphatic heterocycles. The summed E-state index contributed by atoms with van der Waals surface area (Å²) in [4.78, 5) is 16.6. The molecule has 1 heterocycles. The predicted molar refractivity (Wildman–Crippen MR) is 100 cm³/mol. The fourth-order valence-electron chi connectivity index (χ4n) is 3.05. The Hall–Kier alpha value is -2.46. The van der Waals surface area contributed by atoms with E-state index >= 15 is 0 Å². The van der Waals surface area contributed by atoms with E-state index in [1.54, 1.807) is 19.9 Å². The lowest BCUT2D eigenvalue weighted by Gasteiger charge is -2.33. The molecule has 0 aliphatic rings. The van der Waals surface area contributed by atoms with Crippen LogP contribution in [0.3, 0.4) is 0 Å². The number of carbonyl (C=O) groups excluding carboxylic acids is 1. The Morgan fingerprint density at radius 2 is 1.71 bits per heavy atom. The van der Waals surface area contributed by atoms with Gasteiger partial charge in [0.25, 0.3) is 5.60 Å². The van der Waals surface area contributed by atoms with E-state index in [9.17, 15) is 36.2 Å². The van der Waals surface area contributed by atoms with Crippen LogP contribution in [0.1, 0.15) is 34.8 Å². The van der Waals surface area contributed by atoms with Crippen LogP contribution in [-0.4, -0.2) is 41.9 Å². The summed E-state index contributed by atoms with van der Waals surface area (Å²) < 4.78 is 85.5. The molecule has 0 aliphatic carbocycles. The van der Waals surface area contributed by atoms with Crippen LogP contribution in [0.5, 0.6) is 0 Å². The lowest BCUT2D eigenvalue weighted by molar-refractivity contribution is -0.376. The van der Waals surface area contributed by atoms with E-state index in [1.807, 2.05) is 0 Å². The van der Waals surface area contributed by atoms with Gasteiger partial charge in [0.1, 0.15) is 0 Å². The van der Waals surface area contributed by atoms with Gasteiger partial charge in [0.05, 0.1) is 5.69 Å². The minimum absolute atomic E-state index is 0.0538. The average Bonchev–Trinajstić information content (AvgIpc) is 2.65. The third-order valence-electron chi connectivity index (χ3n) is 4.69. The molecule has 0 radical (unpaired) electrons. The molecule has 4 nitrogen and oxygen atoms in total. The number of aryl methyl sites for hydroxylation is 1. The number of ether oxygens (including phenoxy) is 1. The number of ketones is 1. The zero-order valence-corrected chi connectivity index (χ0v) is 16.9. The topological polar surface area (TPSA) is 59.4 Å². The number of hydrogen-bond acceptors (Lipinski definition) is 4. The second kappa shape index (κ2) is 8.96. The maximum Gasteiger partial charge on any atom is 0.430 e. The molecular weight excluding hydrogens is 428 g/mol. The van der Waals surface area contributed by atoms with Gasteiger partial charge >= 0.3 is 12.4 Å². The van der Waals surface area contributed by atoms with Crippen LogP contribution in [-0.2, 0) is 10.3 Å². The Morgan fingerprint density at radius 3 is 2.19 bits per heavy atom. The Bertz CT molecular complexity index is 908. The Morgan fingerprint density at radius 1 is 1.10 bits per heavy atom. The first-order valence-corrected chi connectivity index (χ1v) is 9.17. The van der Waals surface area contributed by atoms with Crippen LogP contribution in [0.25, 0.3) is 11.3 Å². The van der Waals surface area contributed by atoms with Gasteiger partial charge in [0.15, 0.2) is 5.78 Å². The van der Waals surface area contributed by atoms with Crippen molar-refractivity contribution >= 4 is 5.78 Å². The number of pyridine rings is 1. The summed E-state index contributed by atoms with van der Waals surface area (Å²) in [5.41, 5.74) is -6.45. The predicted octanol–water partition coefficient (Wildman–Crippen LogP) is 5.22. The third-order valence-corrected chi connectivity index (χ3v) is 4.69. The number of Topliss-reactive ketones (excluding diaryl/α,β-unsaturated/α-hetero) is 1. The van der Waals surface area contributed by atoms with Crippen LogP contribution >= 0.6 is 0 Å². The quantitative estimate of drug-likeness (QED) is 0.465. The fourth-order valence-corrected chi connectivity index (χ4v) is 3.05. The molecule has 1 aromatic carbocycles. The third kappa shape index (κ3) is 5.24. The van der Waals surface area contributed by atoms with Gasteiger partial charge in [0.2, 0.25) is 0 Å². The highest BCUT2D eigenvalue weighted by Crippen LogP contribution is 2.50. The van der Waals surface area contributed by atoms with Gasteiger partial charge in [0, 0.05) is 43.0 Å². The van der Waals surface area contributed by atoms with E-state index in [-0.39, 0.29) is 30.2 Å². The van der Waals surface area contributed by atoms with Crippen LogP contribution in [0.2, 0.25) is 0 Å². The molecule has 0 spiro atoms. The number of alkyl halides is 6. The second-order valence-corrected chi connectivity index (χ2v) is 7.41. The molecule has 0 saturated carbocycles. The molecule has 0 bridgehead atoms. The summed E-state index contributed by atoms with van der Waals surface area (Å²) in [6, 6.07) is 5.11. The summed E-state index contributed by atoms with van der Waals surface area (Å²) in [5.74, 6) is -1.02. The molecule has 170 valence electrons. The number of methoxy groups -OCH3 is 1. The first-order chi connectivity index (χ1) is 14.2. The van der Waals surface area contributed by atoms with E-state index in [2.05, 4.69) is 4.98 Å². The maximum absolute atomic E-state index is 13.4. The molecule has 1 N–H and O–H groups in total. The van der Waals surface area contributed by atoms with Gasteiger partial charge in [-0.1, -0.05) is 13.0 Å². The molecular formula is C21H21F6NO3. The first-order valence-electron chi connectivity index (χ1n) is 9.17. The number of rotatable bonds is 7. The second-order valence-electron chi connectivity index (χ2n) is 7.41. The number of halogens is 6. The van der Waals surface area contributed by atoms with Gasteiger partial charge < -0.3 is 9.84 Å². The number of nitrogens with zero attached hydrogens (tertiary/aromatic N) is 1. The monoisotopic (exact) mass is 449 g/mol. The highest BCUT2D eigenvalue weighted by atomic mass is 19.4. The van der Waals surface area contributed by atoms with Crippen molar-refractivity contribution in [2.24, 2.45) is 5.92 Å². The van der Waals surface area contributed by atoms with Crippen molar-refractivity contribution < 1.29 is 41.0 Å². The van der Waals surface area contributed by atoms with Gasteiger partial charge in [-0.15, -0.1) is 0 Å². The maximum atomic E-state index is 13.4. The van der Waals surface area contributed by atoms with Crippen LogP contribution in [0.4, 0.5) is 26.3 Å².